The largest absolute Gasteiger partial charge is 0.325 e. The van der Waals surface area contributed by atoms with Crippen LogP contribution in [0.25, 0.3) is 0 Å². The van der Waals surface area contributed by atoms with Gasteiger partial charge in [0.1, 0.15) is 11.6 Å². The minimum absolute atomic E-state index is 0.00742. The lowest BCUT2D eigenvalue weighted by molar-refractivity contribution is 0.182. The highest BCUT2D eigenvalue weighted by Crippen LogP contribution is 2.21. The first-order valence-electron chi connectivity index (χ1n) is 8.66. The standard InChI is InChI=1S/C18H25N5O/c1-3-16-20-17(22-21-16)12-14-7-9-23(10-8-14)18(24)19-15-6-4-5-13(2)11-15/h4-6,11,14H,3,7-10,12H2,1-2H3,(H,19,24)(H,20,21,22). The van der Waals surface area contributed by atoms with E-state index in [-0.39, 0.29) is 6.03 Å². The lowest BCUT2D eigenvalue weighted by Crippen LogP contribution is -2.41. The molecule has 0 bridgehead atoms. The van der Waals surface area contributed by atoms with E-state index in [1.54, 1.807) is 0 Å². The lowest BCUT2D eigenvalue weighted by atomic mass is 9.93. The van der Waals surface area contributed by atoms with Crippen LogP contribution in [0, 0.1) is 12.8 Å². The van der Waals surface area contributed by atoms with Gasteiger partial charge in [-0.2, -0.15) is 5.10 Å². The Morgan fingerprint density at radius 3 is 2.83 bits per heavy atom. The van der Waals surface area contributed by atoms with Gasteiger partial charge in [0.05, 0.1) is 0 Å². The Morgan fingerprint density at radius 2 is 2.17 bits per heavy atom. The molecule has 1 fully saturated rings. The summed E-state index contributed by atoms with van der Waals surface area (Å²) in [6, 6.07) is 7.88. The van der Waals surface area contributed by atoms with E-state index in [4.69, 9.17) is 0 Å². The van der Waals surface area contributed by atoms with Gasteiger partial charge in [-0.15, -0.1) is 0 Å². The molecule has 2 aromatic rings. The SMILES string of the molecule is CCc1n[nH]c(CC2CCN(C(=O)Nc3cccc(C)c3)CC2)n1. The number of carbonyl (C=O) groups is 1. The number of aryl methyl sites for hydroxylation is 2. The van der Waals surface area contributed by atoms with Crippen molar-refractivity contribution in [2.75, 3.05) is 18.4 Å². The number of H-pyrrole nitrogens is 1. The van der Waals surface area contributed by atoms with Crippen molar-refractivity contribution in [1.82, 2.24) is 20.1 Å². The molecule has 6 nitrogen and oxygen atoms in total. The zero-order chi connectivity index (χ0) is 16.9. The minimum atomic E-state index is -0.00742. The smallest absolute Gasteiger partial charge is 0.321 e. The molecule has 128 valence electrons. The zero-order valence-corrected chi connectivity index (χ0v) is 14.4. The third kappa shape index (κ3) is 4.13. The molecule has 2 heterocycles. The van der Waals surface area contributed by atoms with Gasteiger partial charge in [0.2, 0.25) is 0 Å². The summed E-state index contributed by atoms with van der Waals surface area (Å²) in [4.78, 5) is 18.8. The molecule has 3 rings (SSSR count). The highest BCUT2D eigenvalue weighted by atomic mass is 16.2. The third-order valence-electron chi connectivity index (χ3n) is 4.55. The van der Waals surface area contributed by atoms with E-state index in [2.05, 4.69) is 27.4 Å². The van der Waals surface area contributed by atoms with Gasteiger partial charge in [-0.05, 0) is 43.4 Å². The number of likely N-dealkylation sites (tertiary alicyclic amines) is 1. The molecule has 1 aliphatic rings. The van der Waals surface area contributed by atoms with Crippen LogP contribution >= 0.6 is 0 Å². The van der Waals surface area contributed by atoms with Crippen molar-refractivity contribution in [3.63, 3.8) is 0 Å². The fourth-order valence-corrected chi connectivity index (χ4v) is 3.12. The van der Waals surface area contributed by atoms with Crippen LogP contribution in [0.1, 0.15) is 37.0 Å². The maximum atomic E-state index is 12.4. The number of nitrogens with zero attached hydrogens (tertiary/aromatic N) is 3. The lowest BCUT2D eigenvalue weighted by Gasteiger charge is -2.31. The summed E-state index contributed by atoms with van der Waals surface area (Å²) >= 11 is 0. The number of carbonyl (C=O) groups excluding carboxylic acids is 1. The van der Waals surface area contributed by atoms with Gasteiger partial charge in [0, 0.05) is 31.6 Å². The number of benzene rings is 1. The maximum absolute atomic E-state index is 12.4. The summed E-state index contributed by atoms with van der Waals surface area (Å²) in [5.41, 5.74) is 2.00. The molecule has 6 heteroatoms. The van der Waals surface area contributed by atoms with Crippen LogP contribution in [0.2, 0.25) is 0 Å². The summed E-state index contributed by atoms with van der Waals surface area (Å²) in [7, 11) is 0. The number of anilines is 1. The number of aromatic nitrogens is 3. The van der Waals surface area contributed by atoms with Gasteiger partial charge in [-0.1, -0.05) is 19.1 Å². The van der Waals surface area contributed by atoms with Gasteiger partial charge in [0.25, 0.3) is 0 Å². The quantitative estimate of drug-likeness (QED) is 0.906. The first kappa shape index (κ1) is 16.5. The fraction of sp³-hybridized carbons (Fsp3) is 0.500. The van der Waals surface area contributed by atoms with Crippen molar-refractivity contribution < 1.29 is 4.79 Å². The molecule has 1 aromatic carbocycles. The van der Waals surface area contributed by atoms with E-state index < -0.39 is 0 Å². The summed E-state index contributed by atoms with van der Waals surface area (Å²) < 4.78 is 0. The number of rotatable bonds is 4. The molecule has 0 aliphatic carbocycles. The minimum Gasteiger partial charge on any atom is -0.325 e. The third-order valence-corrected chi connectivity index (χ3v) is 4.55. The topological polar surface area (TPSA) is 73.9 Å². The summed E-state index contributed by atoms with van der Waals surface area (Å²) in [6.07, 6.45) is 3.78. The molecule has 1 saturated heterocycles. The van der Waals surface area contributed by atoms with Crippen LogP contribution in [-0.4, -0.2) is 39.2 Å². The van der Waals surface area contributed by atoms with Gasteiger partial charge < -0.3 is 10.2 Å². The highest BCUT2D eigenvalue weighted by Gasteiger charge is 2.23. The first-order chi connectivity index (χ1) is 11.6. The molecule has 0 saturated carbocycles. The average molecular weight is 327 g/mol. The molecule has 0 radical (unpaired) electrons. The molecule has 0 spiro atoms. The Labute approximate surface area is 142 Å². The average Bonchev–Trinajstić information content (AvgIpc) is 3.03. The Kier molecular flexibility index (Phi) is 5.13. The van der Waals surface area contributed by atoms with Gasteiger partial charge in [-0.25, -0.2) is 9.78 Å². The fourth-order valence-electron chi connectivity index (χ4n) is 3.12. The van der Waals surface area contributed by atoms with Crippen molar-refractivity contribution >= 4 is 11.7 Å². The van der Waals surface area contributed by atoms with E-state index in [9.17, 15) is 4.79 Å². The van der Waals surface area contributed by atoms with Gasteiger partial charge in [-0.3, -0.25) is 5.10 Å². The molecule has 1 aliphatic heterocycles. The molecule has 24 heavy (non-hydrogen) atoms. The molecule has 2 N–H and O–H groups in total. The number of urea groups is 1. The molecular weight excluding hydrogens is 302 g/mol. The van der Waals surface area contributed by atoms with Crippen LogP contribution in [-0.2, 0) is 12.8 Å². The Bertz CT molecular complexity index is 688. The van der Waals surface area contributed by atoms with E-state index in [1.807, 2.05) is 36.1 Å². The molecule has 0 atom stereocenters. The monoisotopic (exact) mass is 327 g/mol. The molecule has 1 aromatic heterocycles. The second kappa shape index (κ2) is 7.47. The zero-order valence-electron chi connectivity index (χ0n) is 14.4. The molecular formula is C18H25N5O. The number of hydrogen-bond donors (Lipinski definition) is 2. The van der Waals surface area contributed by atoms with E-state index in [1.165, 1.54) is 0 Å². The molecule has 0 unspecified atom stereocenters. The first-order valence-corrected chi connectivity index (χ1v) is 8.66. The number of aromatic amines is 1. The van der Waals surface area contributed by atoms with Crippen LogP contribution in [0.4, 0.5) is 10.5 Å². The number of amides is 2. The predicted octanol–water partition coefficient (Wildman–Crippen LogP) is 3.16. The number of hydrogen-bond acceptors (Lipinski definition) is 3. The van der Waals surface area contributed by atoms with Crippen molar-refractivity contribution in [2.45, 2.75) is 39.5 Å². The number of nitrogens with one attached hydrogen (secondary N) is 2. The van der Waals surface area contributed by atoms with E-state index >= 15 is 0 Å². The Morgan fingerprint density at radius 1 is 1.38 bits per heavy atom. The van der Waals surface area contributed by atoms with E-state index in [0.29, 0.717) is 5.92 Å². The van der Waals surface area contributed by atoms with Crippen LogP contribution in [0.3, 0.4) is 0 Å². The Hall–Kier alpha value is -2.37. The predicted molar refractivity (Wildman–Crippen MR) is 94.0 cm³/mol. The van der Waals surface area contributed by atoms with Crippen LogP contribution < -0.4 is 5.32 Å². The normalized spacial score (nSPS) is 15.5. The van der Waals surface area contributed by atoms with Gasteiger partial charge >= 0.3 is 6.03 Å². The second-order valence-corrected chi connectivity index (χ2v) is 6.49. The van der Waals surface area contributed by atoms with Crippen LogP contribution in [0.15, 0.2) is 24.3 Å². The number of piperidine rings is 1. The van der Waals surface area contributed by atoms with Crippen LogP contribution in [0.5, 0.6) is 0 Å². The summed E-state index contributed by atoms with van der Waals surface area (Å²) in [5.74, 6) is 2.40. The van der Waals surface area contributed by atoms with Gasteiger partial charge in [0.15, 0.2) is 0 Å². The Balaban J connectivity index is 1.48. The van der Waals surface area contributed by atoms with E-state index in [0.717, 1.165) is 61.7 Å². The summed E-state index contributed by atoms with van der Waals surface area (Å²) in [5, 5.41) is 10.2. The summed E-state index contributed by atoms with van der Waals surface area (Å²) in [6.45, 7) is 5.65. The second-order valence-electron chi connectivity index (χ2n) is 6.49. The molecule has 2 amide bonds. The maximum Gasteiger partial charge on any atom is 0.321 e. The van der Waals surface area contributed by atoms with Crippen molar-refractivity contribution in [1.29, 1.82) is 0 Å². The van der Waals surface area contributed by atoms with Crippen molar-refractivity contribution in [3.8, 4) is 0 Å². The van der Waals surface area contributed by atoms with Crippen molar-refractivity contribution in [3.05, 3.63) is 41.5 Å². The van der Waals surface area contributed by atoms with Crippen molar-refractivity contribution in [2.24, 2.45) is 5.92 Å². The highest BCUT2D eigenvalue weighted by molar-refractivity contribution is 5.89.